The van der Waals surface area contributed by atoms with Gasteiger partial charge in [0.1, 0.15) is 5.69 Å². The number of carbonyl (C=O) groups is 1. The van der Waals surface area contributed by atoms with Crippen molar-refractivity contribution in [2.75, 3.05) is 17.9 Å². The van der Waals surface area contributed by atoms with Gasteiger partial charge in [-0.05, 0) is 61.4 Å². The topological polar surface area (TPSA) is 93.4 Å². The van der Waals surface area contributed by atoms with Gasteiger partial charge in [0.25, 0.3) is 21.5 Å². The fraction of sp³-hybridized carbons (Fsp3) is 0.241. The van der Waals surface area contributed by atoms with Gasteiger partial charge in [-0.2, -0.15) is 0 Å². The van der Waals surface area contributed by atoms with E-state index in [-0.39, 0.29) is 27.1 Å². The SMILES string of the molecule is CCC(CNC(=O)c1cc(S(=O)(=O)N(C)c2c(C)n(C)n(-c3ccccc3)c2=O)ccc1Cl)c1ccc(Cl)cc1. The molecule has 1 amide bonds. The Morgan fingerprint density at radius 3 is 2.30 bits per heavy atom. The van der Waals surface area contributed by atoms with Crippen LogP contribution in [-0.4, -0.2) is 37.3 Å². The maximum absolute atomic E-state index is 13.7. The lowest BCUT2D eigenvalue weighted by Crippen LogP contribution is -2.32. The predicted octanol–water partition coefficient (Wildman–Crippen LogP) is 5.54. The zero-order valence-corrected chi connectivity index (χ0v) is 24.9. The molecule has 210 valence electrons. The van der Waals surface area contributed by atoms with Crippen molar-refractivity contribution in [3.8, 4) is 5.69 Å². The Bertz CT molecular complexity index is 1700. The molecule has 4 aromatic rings. The molecule has 8 nitrogen and oxygen atoms in total. The largest absolute Gasteiger partial charge is 0.351 e. The van der Waals surface area contributed by atoms with E-state index in [0.717, 1.165) is 16.3 Å². The van der Waals surface area contributed by atoms with Gasteiger partial charge in [-0.3, -0.25) is 18.6 Å². The monoisotopic (exact) mass is 600 g/mol. The molecule has 4 rings (SSSR count). The van der Waals surface area contributed by atoms with Crippen LogP contribution in [0.15, 0.2) is 82.5 Å². The molecule has 0 fully saturated rings. The van der Waals surface area contributed by atoms with E-state index in [1.54, 1.807) is 55.1 Å². The van der Waals surface area contributed by atoms with Crippen LogP contribution in [0.2, 0.25) is 10.0 Å². The number of nitrogens with zero attached hydrogens (tertiary/aromatic N) is 3. The Labute approximate surface area is 243 Å². The number of hydrogen-bond acceptors (Lipinski definition) is 4. The Morgan fingerprint density at radius 1 is 1.02 bits per heavy atom. The molecule has 40 heavy (non-hydrogen) atoms. The first-order valence-electron chi connectivity index (χ1n) is 12.6. The van der Waals surface area contributed by atoms with E-state index >= 15 is 0 Å². The lowest BCUT2D eigenvalue weighted by atomic mass is 9.96. The number of rotatable bonds is 9. The molecular formula is C29H30Cl2N4O4S. The summed E-state index contributed by atoms with van der Waals surface area (Å²) >= 11 is 12.3. The molecule has 0 radical (unpaired) electrons. The minimum Gasteiger partial charge on any atom is -0.351 e. The normalized spacial score (nSPS) is 12.2. The quantitative estimate of drug-likeness (QED) is 0.273. The summed E-state index contributed by atoms with van der Waals surface area (Å²) in [7, 11) is -1.22. The van der Waals surface area contributed by atoms with Gasteiger partial charge in [-0.25, -0.2) is 13.1 Å². The van der Waals surface area contributed by atoms with Crippen molar-refractivity contribution >= 4 is 44.8 Å². The third-order valence-corrected chi connectivity index (χ3v) is 9.36. The lowest BCUT2D eigenvalue weighted by molar-refractivity contribution is 0.0951. The van der Waals surface area contributed by atoms with Gasteiger partial charge in [0, 0.05) is 31.6 Å². The molecule has 3 aromatic carbocycles. The van der Waals surface area contributed by atoms with Crippen molar-refractivity contribution in [3.63, 3.8) is 0 Å². The van der Waals surface area contributed by atoms with Gasteiger partial charge in [0.15, 0.2) is 0 Å². The van der Waals surface area contributed by atoms with Gasteiger partial charge in [0.2, 0.25) is 0 Å². The van der Waals surface area contributed by atoms with Crippen molar-refractivity contribution in [1.82, 2.24) is 14.7 Å². The summed E-state index contributed by atoms with van der Waals surface area (Å²) < 4.78 is 31.3. The molecule has 0 aliphatic heterocycles. The molecule has 0 spiro atoms. The molecular weight excluding hydrogens is 571 g/mol. The minimum atomic E-state index is -4.22. The summed E-state index contributed by atoms with van der Waals surface area (Å²) in [6, 6.07) is 20.3. The first-order valence-corrected chi connectivity index (χ1v) is 14.8. The number of halogens is 2. The highest BCUT2D eigenvalue weighted by molar-refractivity contribution is 7.92. The number of amides is 1. The van der Waals surface area contributed by atoms with Crippen LogP contribution in [0.3, 0.4) is 0 Å². The number of anilines is 1. The van der Waals surface area contributed by atoms with E-state index in [0.29, 0.717) is 22.9 Å². The van der Waals surface area contributed by atoms with Gasteiger partial charge in [0.05, 0.1) is 26.9 Å². The first kappa shape index (κ1) is 29.5. The molecule has 0 bridgehead atoms. The number of para-hydroxylation sites is 1. The molecule has 1 heterocycles. The van der Waals surface area contributed by atoms with Crippen LogP contribution in [0, 0.1) is 6.92 Å². The summed E-state index contributed by atoms with van der Waals surface area (Å²) in [6.45, 7) is 4.01. The summed E-state index contributed by atoms with van der Waals surface area (Å²) in [5, 5.41) is 3.61. The van der Waals surface area contributed by atoms with Crippen LogP contribution in [-0.2, 0) is 17.1 Å². The van der Waals surface area contributed by atoms with E-state index in [4.69, 9.17) is 23.2 Å². The summed E-state index contributed by atoms with van der Waals surface area (Å²) in [5.41, 5.74) is 1.62. The molecule has 0 aliphatic rings. The van der Waals surface area contributed by atoms with E-state index in [9.17, 15) is 18.0 Å². The van der Waals surface area contributed by atoms with Crippen molar-refractivity contribution in [1.29, 1.82) is 0 Å². The smallest absolute Gasteiger partial charge is 0.296 e. The van der Waals surface area contributed by atoms with Crippen LogP contribution in [0.25, 0.3) is 5.69 Å². The van der Waals surface area contributed by atoms with Crippen LogP contribution < -0.4 is 15.2 Å². The van der Waals surface area contributed by atoms with Crippen molar-refractivity contribution in [2.24, 2.45) is 7.05 Å². The van der Waals surface area contributed by atoms with Crippen LogP contribution in [0.5, 0.6) is 0 Å². The third kappa shape index (κ3) is 5.68. The summed E-state index contributed by atoms with van der Waals surface area (Å²) in [5.74, 6) is -0.467. The number of sulfonamides is 1. The molecule has 1 aromatic heterocycles. The Kier molecular flexibility index (Phi) is 8.77. The average Bonchev–Trinajstić information content (AvgIpc) is 3.17. The van der Waals surface area contributed by atoms with E-state index in [2.05, 4.69) is 5.32 Å². The van der Waals surface area contributed by atoms with E-state index < -0.39 is 21.5 Å². The molecule has 1 unspecified atom stereocenters. The number of carbonyl (C=O) groups excluding carboxylic acids is 1. The highest BCUT2D eigenvalue weighted by Crippen LogP contribution is 2.27. The minimum absolute atomic E-state index is 0.000978. The zero-order chi connectivity index (χ0) is 29.2. The second-order valence-electron chi connectivity index (χ2n) is 9.39. The van der Waals surface area contributed by atoms with Crippen molar-refractivity contribution in [2.45, 2.75) is 31.1 Å². The summed E-state index contributed by atoms with van der Waals surface area (Å²) in [4.78, 5) is 26.4. The van der Waals surface area contributed by atoms with Gasteiger partial charge >= 0.3 is 0 Å². The van der Waals surface area contributed by atoms with E-state index in [1.165, 1.54) is 29.9 Å². The number of hydrogen-bond donors (Lipinski definition) is 1. The van der Waals surface area contributed by atoms with Crippen LogP contribution >= 0.6 is 23.2 Å². The van der Waals surface area contributed by atoms with Crippen molar-refractivity contribution < 1.29 is 13.2 Å². The number of benzene rings is 3. The van der Waals surface area contributed by atoms with Crippen molar-refractivity contribution in [3.05, 3.63) is 110 Å². The maximum Gasteiger partial charge on any atom is 0.296 e. The zero-order valence-electron chi connectivity index (χ0n) is 22.6. The Balaban J connectivity index is 1.62. The Morgan fingerprint density at radius 2 is 1.68 bits per heavy atom. The summed E-state index contributed by atoms with van der Waals surface area (Å²) in [6.07, 6.45) is 0.770. The van der Waals surface area contributed by atoms with Crippen LogP contribution in [0.4, 0.5) is 5.69 Å². The van der Waals surface area contributed by atoms with E-state index in [1.807, 2.05) is 25.1 Å². The Hall–Kier alpha value is -3.53. The standard InChI is InChI=1S/C29H30Cl2N4O4S/c1-5-20(21-11-13-22(30)14-12-21)18-32-28(36)25-17-24(15-16-26(25)31)40(38,39)34(4)27-19(2)33(3)35(29(27)37)23-9-7-6-8-10-23/h6-17,20H,5,18H2,1-4H3,(H,32,36). The molecule has 0 saturated carbocycles. The second-order valence-corrected chi connectivity index (χ2v) is 12.2. The maximum atomic E-state index is 13.7. The number of nitrogens with one attached hydrogen (secondary N) is 1. The fourth-order valence-electron chi connectivity index (χ4n) is 4.58. The van der Waals surface area contributed by atoms with Gasteiger partial charge in [-0.1, -0.05) is 60.5 Å². The average molecular weight is 602 g/mol. The number of aromatic nitrogens is 2. The van der Waals surface area contributed by atoms with Gasteiger partial charge in [-0.15, -0.1) is 0 Å². The van der Waals surface area contributed by atoms with Gasteiger partial charge < -0.3 is 5.32 Å². The molecule has 1 atom stereocenters. The second kappa shape index (κ2) is 11.9. The highest BCUT2D eigenvalue weighted by atomic mass is 35.5. The highest BCUT2D eigenvalue weighted by Gasteiger charge is 2.30. The predicted molar refractivity (Wildman–Crippen MR) is 160 cm³/mol. The fourth-order valence-corrected chi connectivity index (χ4v) is 6.18. The first-order chi connectivity index (χ1) is 19.0. The molecule has 11 heteroatoms. The lowest BCUT2D eigenvalue weighted by Gasteiger charge is -2.19. The third-order valence-electron chi connectivity index (χ3n) is 7.02. The molecule has 0 aliphatic carbocycles. The molecule has 0 saturated heterocycles. The van der Waals surface area contributed by atoms with Crippen LogP contribution in [0.1, 0.15) is 40.9 Å². The molecule has 1 N–H and O–H groups in total.